The van der Waals surface area contributed by atoms with E-state index >= 15 is 0 Å². The van der Waals surface area contributed by atoms with Gasteiger partial charge in [0.05, 0.1) is 18.8 Å². The van der Waals surface area contributed by atoms with E-state index in [1.807, 2.05) is 12.1 Å². The van der Waals surface area contributed by atoms with Crippen LogP contribution in [0.4, 0.5) is 0 Å². The van der Waals surface area contributed by atoms with Gasteiger partial charge < -0.3 is 10.1 Å². The van der Waals surface area contributed by atoms with Gasteiger partial charge >= 0.3 is 0 Å². The zero-order chi connectivity index (χ0) is 19.9. The molecule has 0 saturated carbocycles. The van der Waals surface area contributed by atoms with Gasteiger partial charge in [-0.3, -0.25) is 4.79 Å². The van der Waals surface area contributed by atoms with E-state index in [2.05, 4.69) is 64.2 Å². The molecule has 1 atom stereocenters. The molecule has 1 aliphatic rings. The first-order chi connectivity index (χ1) is 14.3. The van der Waals surface area contributed by atoms with Crippen LogP contribution in [0, 0.1) is 0 Å². The molecule has 1 unspecified atom stereocenters. The Morgan fingerprint density at radius 3 is 2.41 bits per heavy atom. The van der Waals surface area contributed by atoms with Crippen LogP contribution in [0.25, 0.3) is 0 Å². The number of amides is 1. The number of nitrogens with zero attached hydrogens (tertiary/aromatic N) is 3. The van der Waals surface area contributed by atoms with Crippen LogP contribution < -0.4 is 5.32 Å². The molecule has 0 aliphatic carbocycles. The molecule has 3 aromatic rings. The van der Waals surface area contributed by atoms with Crippen molar-refractivity contribution in [1.29, 1.82) is 0 Å². The fourth-order valence-electron chi connectivity index (χ4n) is 3.81. The third-order valence-corrected chi connectivity index (χ3v) is 5.31. The average molecular weight is 390 g/mol. The first-order valence-corrected chi connectivity index (χ1v) is 10.2. The molecule has 1 N–H and O–H groups in total. The second-order valence-corrected chi connectivity index (χ2v) is 7.38. The Kier molecular flexibility index (Phi) is 6.32. The molecule has 6 nitrogen and oxygen atoms in total. The molecule has 1 saturated heterocycles. The van der Waals surface area contributed by atoms with Crippen LogP contribution in [0.2, 0.25) is 0 Å². The molecule has 0 spiro atoms. The van der Waals surface area contributed by atoms with Gasteiger partial charge in [-0.15, -0.1) is 5.10 Å². The average Bonchev–Trinajstić information content (AvgIpc) is 3.45. The number of aromatic nitrogens is 3. The largest absolute Gasteiger partial charge is 0.376 e. The number of benzene rings is 2. The zero-order valence-corrected chi connectivity index (χ0v) is 16.4. The summed E-state index contributed by atoms with van der Waals surface area (Å²) in [5, 5.41) is 11.1. The van der Waals surface area contributed by atoms with Gasteiger partial charge in [0.1, 0.15) is 0 Å². The Bertz CT molecular complexity index is 865. The van der Waals surface area contributed by atoms with E-state index in [0.717, 1.165) is 25.9 Å². The summed E-state index contributed by atoms with van der Waals surface area (Å²) in [4.78, 5) is 12.5. The molecule has 0 bridgehead atoms. The van der Waals surface area contributed by atoms with Crippen LogP contribution in [-0.2, 0) is 11.3 Å². The van der Waals surface area contributed by atoms with Gasteiger partial charge in [0, 0.05) is 19.1 Å². The van der Waals surface area contributed by atoms with E-state index in [9.17, 15) is 4.79 Å². The van der Waals surface area contributed by atoms with Gasteiger partial charge in [0.25, 0.3) is 5.91 Å². The summed E-state index contributed by atoms with van der Waals surface area (Å²) in [7, 11) is 0. The highest BCUT2D eigenvalue weighted by Crippen LogP contribution is 2.27. The molecule has 1 aliphatic heterocycles. The van der Waals surface area contributed by atoms with Gasteiger partial charge in [-0.05, 0) is 30.4 Å². The standard InChI is InChI=1S/C23H26N4O2/c28-23(22-17-27(26-25-22)16-20-12-7-15-29-20)24-14-13-21(18-8-3-1-4-9-18)19-10-5-2-6-11-19/h1-6,8-11,17,20-21H,7,12-16H2,(H,24,28). The topological polar surface area (TPSA) is 69.0 Å². The summed E-state index contributed by atoms with van der Waals surface area (Å²) in [5.41, 5.74) is 2.84. The number of hydrogen-bond donors (Lipinski definition) is 1. The molecule has 4 rings (SSSR count). The molecule has 1 aromatic heterocycles. The molecule has 1 amide bonds. The lowest BCUT2D eigenvalue weighted by molar-refractivity contribution is 0.0929. The molecule has 150 valence electrons. The highest BCUT2D eigenvalue weighted by atomic mass is 16.5. The Morgan fingerprint density at radius 2 is 1.79 bits per heavy atom. The summed E-state index contributed by atoms with van der Waals surface area (Å²) in [6, 6.07) is 20.8. The zero-order valence-electron chi connectivity index (χ0n) is 16.4. The van der Waals surface area contributed by atoms with Crippen molar-refractivity contribution in [2.75, 3.05) is 13.2 Å². The molecule has 2 heterocycles. The number of ether oxygens (including phenoxy) is 1. The summed E-state index contributed by atoms with van der Waals surface area (Å²) < 4.78 is 7.31. The van der Waals surface area contributed by atoms with Crippen molar-refractivity contribution in [3.8, 4) is 0 Å². The van der Waals surface area contributed by atoms with Crippen LogP contribution in [-0.4, -0.2) is 40.2 Å². The van der Waals surface area contributed by atoms with Gasteiger partial charge in [-0.2, -0.15) is 0 Å². The van der Waals surface area contributed by atoms with Crippen LogP contribution in [0.3, 0.4) is 0 Å². The van der Waals surface area contributed by atoms with E-state index < -0.39 is 0 Å². The monoisotopic (exact) mass is 390 g/mol. The maximum atomic E-state index is 12.5. The van der Waals surface area contributed by atoms with E-state index in [0.29, 0.717) is 18.8 Å². The minimum absolute atomic E-state index is 0.171. The van der Waals surface area contributed by atoms with E-state index in [1.54, 1.807) is 10.9 Å². The third-order valence-electron chi connectivity index (χ3n) is 5.31. The highest BCUT2D eigenvalue weighted by Gasteiger charge is 2.19. The number of hydrogen-bond acceptors (Lipinski definition) is 4. The van der Waals surface area contributed by atoms with Crippen LogP contribution in [0.1, 0.15) is 46.8 Å². The molecular formula is C23H26N4O2. The molecule has 1 fully saturated rings. The van der Waals surface area contributed by atoms with E-state index in [4.69, 9.17) is 4.74 Å². The van der Waals surface area contributed by atoms with Crippen molar-refractivity contribution in [1.82, 2.24) is 20.3 Å². The third kappa shape index (κ3) is 5.09. The summed E-state index contributed by atoms with van der Waals surface area (Å²) in [6.45, 7) is 2.01. The number of rotatable bonds is 8. The number of carbonyl (C=O) groups is 1. The Morgan fingerprint density at radius 1 is 1.10 bits per heavy atom. The molecule has 2 aromatic carbocycles. The predicted octanol–water partition coefficient (Wildman–Crippen LogP) is 3.41. The Labute approximate surface area is 170 Å². The molecule has 29 heavy (non-hydrogen) atoms. The lowest BCUT2D eigenvalue weighted by atomic mass is 9.88. The second kappa shape index (κ2) is 9.47. The maximum absolute atomic E-state index is 12.5. The second-order valence-electron chi connectivity index (χ2n) is 7.38. The predicted molar refractivity (Wildman–Crippen MR) is 111 cm³/mol. The fourth-order valence-corrected chi connectivity index (χ4v) is 3.81. The van der Waals surface area contributed by atoms with Gasteiger partial charge in [-0.25, -0.2) is 4.68 Å². The lowest BCUT2D eigenvalue weighted by Gasteiger charge is -2.18. The van der Waals surface area contributed by atoms with Crippen molar-refractivity contribution >= 4 is 5.91 Å². The summed E-state index contributed by atoms with van der Waals surface area (Å²) >= 11 is 0. The summed E-state index contributed by atoms with van der Waals surface area (Å²) in [5.74, 6) is 0.0383. The number of carbonyl (C=O) groups excluding carboxylic acids is 1. The number of nitrogens with one attached hydrogen (secondary N) is 1. The van der Waals surface area contributed by atoms with Crippen molar-refractivity contribution in [2.24, 2.45) is 0 Å². The first-order valence-electron chi connectivity index (χ1n) is 10.2. The SMILES string of the molecule is O=C(NCCC(c1ccccc1)c1ccccc1)c1cn(CC2CCCO2)nn1. The van der Waals surface area contributed by atoms with E-state index in [1.165, 1.54) is 11.1 Å². The first kappa shape index (κ1) is 19.3. The summed E-state index contributed by atoms with van der Waals surface area (Å²) in [6.07, 6.45) is 4.79. The van der Waals surface area contributed by atoms with Gasteiger partial charge in [0.15, 0.2) is 5.69 Å². The maximum Gasteiger partial charge on any atom is 0.273 e. The fraction of sp³-hybridized carbons (Fsp3) is 0.348. The molecule has 6 heteroatoms. The molecular weight excluding hydrogens is 364 g/mol. The van der Waals surface area contributed by atoms with Crippen LogP contribution >= 0.6 is 0 Å². The lowest BCUT2D eigenvalue weighted by Crippen LogP contribution is -2.26. The quantitative estimate of drug-likeness (QED) is 0.640. The van der Waals surface area contributed by atoms with Crippen LogP contribution in [0.15, 0.2) is 66.9 Å². The van der Waals surface area contributed by atoms with Crippen molar-refractivity contribution in [2.45, 2.75) is 37.8 Å². The van der Waals surface area contributed by atoms with Crippen molar-refractivity contribution in [3.05, 3.63) is 83.7 Å². The Hall–Kier alpha value is -2.99. The molecule has 0 radical (unpaired) electrons. The Balaban J connectivity index is 1.35. The van der Waals surface area contributed by atoms with E-state index in [-0.39, 0.29) is 17.9 Å². The van der Waals surface area contributed by atoms with Crippen molar-refractivity contribution < 1.29 is 9.53 Å². The van der Waals surface area contributed by atoms with Crippen LogP contribution in [0.5, 0.6) is 0 Å². The van der Waals surface area contributed by atoms with Gasteiger partial charge in [0.2, 0.25) is 0 Å². The van der Waals surface area contributed by atoms with Gasteiger partial charge in [-0.1, -0.05) is 65.9 Å². The van der Waals surface area contributed by atoms with Crippen molar-refractivity contribution in [3.63, 3.8) is 0 Å². The minimum Gasteiger partial charge on any atom is -0.376 e. The smallest absolute Gasteiger partial charge is 0.273 e. The minimum atomic E-state index is -0.191. The highest BCUT2D eigenvalue weighted by molar-refractivity contribution is 5.91. The normalized spacial score (nSPS) is 16.2.